The molecule has 2 atom stereocenters. The monoisotopic (exact) mass is 286 g/mol. The summed E-state index contributed by atoms with van der Waals surface area (Å²) in [7, 11) is 0. The minimum absolute atomic E-state index is 0.0775. The van der Waals surface area contributed by atoms with E-state index in [0.29, 0.717) is 24.5 Å². The van der Waals surface area contributed by atoms with E-state index in [2.05, 4.69) is 4.98 Å². The maximum Gasteiger partial charge on any atom is 0.276 e. The number of aliphatic hydroxyl groups excluding tert-OH is 1. The number of aliphatic hydroxyl groups is 1. The number of hydrogen-bond donors (Lipinski definition) is 1. The number of likely N-dealkylation sites (tertiary alicyclic amines) is 1. The van der Waals surface area contributed by atoms with E-state index in [4.69, 9.17) is 4.42 Å². The molecule has 5 nitrogen and oxygen atoms in total. The van der Waals surface area contributed by atoms with Crippen LogP contribution in [0.15, 0.2) is 41.1 Å². The molecule has 1 fully saturated rings. The normalized spacial score (nSPS) is 22.3. The Morgan fingerprint density at radius 1 is 1.38 bits per heavy atom. The molecule has 0 radical (unpaired) electrons. The van der Waals surface area contributed by atoms with Crippen LogP contribution in [-0.4, -0.2) is 40.1 Å². The fourth-order valence-electron chi connectivity index (χ4n) is 2.87. The van der Waals surface area contributed by atoms with Gasteiger partial charge in [-0.1, -0.05) is 30.3 Å². The second-order valence-electron chi connectivity index (χ2n) is 5.38. The number of amides is 1. The molecular formula is C16H18N2O3. The van der Waals surface area contributed by atoms with Gasteiger partial charge in [0.1, 0.15) is 5.76 Å². The molecule has 1 amide bonds. The van der Waals surface area contributed by atoms with E-state index in [9.17, 15) is 9.90 Å². The van der Waals surface area contributed by atoms with Crippen LogP contribution in [-0.2, 0) is 0 Å². The lowest BCUT2D eigenvalue weighted by Crippen LogP contribution is -2.46. The molecule has 110 valence electrons. The van der Waals surface area contributed by atoms with Crippen LogP contribution in [0.3, 0.4) is 0 Å². The maximum atomic E-state index is 12.4. The SMILES string of the molecule is Cc1ocnc1C(=O)N1CC[C@@H](c2ccccc2)[C@H](O)C1. The van der Waals surface area contributed by atoms with Gasteiger partial charge in [-0.05, 0) is 18.9 Å². The minimum atomic E-state index is -0.558. The van der Waals surface area contributed by atoms with E-state index in [1.54, 1.807) is 11.8 Å². The van der Waals surface area contributed by atoms with E-state index < -0.39 is 6.10 Å². The lowest BCUT2D eigenvalue weighted by Gasteiger charge is -2.35. The summed E-state index contributed by atoms with van der Waals surface area (Å²) in [5, 5.41) is 10.4. The van der Waals surface area contributed by atoms with Crippen LogP contribution in [0.5, 0.6) is 0 Å². The number of nitrogens with zero attached hydrogens (tertiary/aromatic N) is 2. The van der Waals surface area contributed by atoms with Gasteiger partial charge in [-0.2, -0.15) is 0 Å². The van der Waals surface area contributed by atoms with Gasteiger partial charge in [0.15, 0.2) is 12.1 Å². The van der Waals surface area contributed by atoms with Crippen LogP contribution in [0.2, 0.25) is 0 Å². The first kappa shape index (κ1) is 13.8. The largest absolute Gasteiger partial charge is 0.448 e. The standard InChI is InChI=1S/C16H18N2O3/c1-11-15(17-10-21-11)16(20)18-8-7-13(14(19)9-18)12-5-3-2-4-6-12/h2-6,10,13-14,19H,7-9H2,1H3/t13-,14+/m0/s1. The predicted molar refractivity (Wildman–Crippen MR) is 77.0 cm³/mol. The highest BCUT2D eigenvalue weighted by atomic mass is 16.3. The molecular weight excluding hydrogens is 268 g/mol. The Morgan fingerprint density at radius 2 is 2.14 bits per heavy atom. The molecule has 5 heteroatoms. The number of aromatic nitrogens is 1. The molecule has 0 bridgehead atoms. The van der Waals surface area contributed by atoms with E-state index in [0.717, 1.165) is 12.0 Å². The number of hydrogen-bond acceptors (Lipinski definition) is 4. The number of piperidine rings is 1. The van der Waals surface area contributed by atoms with E-state index in [1.807, 2.05) is 30.3 Å². The highest BCUT2D eigenvalue weighted by Gasteiger charge is 2.32. The van der Waals surface area contributed by atoms with Crippen molar-refractivity contribution in [2.24, 2.45) is 0 Å². The first-order chi connectivity index (χ1) is 10.2. The predicted octanol–water partition coefficient (Wildman–Crippen LogP) is 1.97. The van der Waals surface area contributed by atoms with Crippen molar-refractivity contribution in [2.75, 3.05) is 13.1 Å². The molecule has 1 aromatic heterocycles. The maximum absolute atomic E-state index is 12.4. The highest BCUT2D eigenvalue weighted by Crippen LogP contribution is 2.29. The summed E-state index contributed by atoms with van der Waals surface area (Å²) in [4.78, 5) is 18.0. The fraction of sp³-hybridized carbons (Fsp3) is 0.375. The Bertz CT molecular complexity index is 623. The molecule has 0 aliphatic carbocycles. The van der Waals surface area contributed by atoms with Crippen molar-refractivity contribution in [2.45, 2.75) is 25.4 Å². The van der Waals surface area contributed by atoms with Crippen molar-refractivity contribution < 1.29 is 14.3 Å². The summed E-state index contributed by atoms with van der Waals surface area (Å²) in [6.45, 7) is 2.65. The van der Waals surface area contributed by atoms with Crippen molar-refractivity contribution in [1.82, 2.24) is 9.88 Å². The van der Waals surface area contributed by atoms with Crippen LogP contribution in [0, 0.1) is 6.92 Å². The number of oxazole rings is 1. The van der Waals surface area contributed by atoms with Gasteiger partial charge < -0.3 is 14.4 Å². The molecule has 1 aromatic carbocycles. The van der Waals surface area contributed by atoms with Crippen molar-refractivity contribution >= 4 is 5.91 Å². The lowest BCUT2D eigenvalue weighted by atomic mass is 9.87. The molecule has 1 aliphatic heterocycles. The number of β-amino-alcohol motifs (C(OH)–C–C–N with tert-alkyl or cyclic N) is 1. The number of rotatable bonds is 2. The molecule has 0 saturated carbocycles. The summed E-state index contributed by atoms with van der Waals surface area (Å²) < 4.78 is 5.07. The molecule has 2 aromatic rings. The number of aryl methyl sites for hydroxylation is 1. The zero-order valence-electron chi connectivity index (χ0n) is 11.9. The second kappa shape index (κ2) is 5.69. The highest BCUT2D eigenvalue weighted by molar-refractivity contribution is 5.93. The Kier molecular flexibility index (Phi) is 3.75. The number of benzene rings is 1. The Balaban J connectivity index is 1.71. The Morgan fingerprint density at radius 3 is 2.76 bits per heavy atom. The average molecular weight is 286 g/mol. The molecule has 1 saturated heterocycles. The average Bonchev–Trinajstić information content (AvgIpc) is 2.93. The molecule has 1 N–H and O–H groups in total. The molecule has 0 unspecified atom stereocenters. The number of carbonyl (C=O) groups excluding carboxylic acids is 1. The van der Waals surface area contributed by atoms with Gasteiger partial charge in [-0.3, -0.25) is 4.79 Å². The second-order valence-corrected chi connectivity index (χ2v) is 5.38. The van der Waals surface area contributed by atoms with Gasteiger partial charge in [0, 0.05) is 19.0 Å². The quantitative estimate of drug-likeness (QED) is 0.916. The topological polar surface area (TPSA) is 66.6 Å². The van der Waals surface area contributed by atoms with E-state index >= 15 is 0 Å². The molecule has 21 heavy (non-hydrogen) atoms. The van der Waals surface area contributed by atoms with Crippen molar-refractivity contribution in [3.8, 4) is 0 Å². The summed E-state index contributed by atoms with van der Waals surface area (Å²) in [6.07, 6.45) is 1.46. The van der Waals surface area contributed by atoms with Crippen molar-refractivity contribution in [3.05, 3.63) is 53.7 Å². The van der Waals surface area contributed by atoms with Gasteiger partial charge >= 0.3 is 0 Å². The third-order valence-corrected chi connectivity index (χ3v) is 4.04. The molecule has 0 spiro atoms. The van der Waals surface area contributed by atoms with Gasteiger partial charge in [0.05, 0.1) is 6.10 Å². The van der Waals surface area contributed by atoms with E-state index in [1.165, 1.54) is 6.39 Å². The van der Waals surface area contributed by atoms with Gasteiger partial charge in [-0.15, -0.1) is 0 Å². The van der Waals surface area contributed by atoms with Gasteiger partial charge in [-0.25, -0.2) is 4.98 Å². The Hall–Kier alpha value is -2.14. The number of carbonyl (C=O) groups is 1. The van der Waals surface area contributed by atoms with Crippen LogP contribution < -0.4 is 0 Å². The summed E-state index contributed by atoms with van der Waals surface area (Å²) in [5.74, 6) is 0.417. The van der Waals surface area contributed by atoms with Crippen LogP contribution in [0.1, 0.15) is 34.2 Å². The third kappa shape index (κ3) is 2.69. The lowest BCUT2D eigenvalue weighted by molar-refractivity contribution is 0.0377. The van der Waals surface area contributed by atoms with E-state index in [-0.39, 0.29) is 11.8 Å². The molecule has 2 heterocycles. The fourth-order valence-corrected chi connectivity index (χ4v) is 2.87. The minimum Gasteiger partial charge on any atom is -0.448 e. The van der Waals surface area contributed by atoms with Gasteiger partial charge in [0.25, 0.3) is 5.91 Å². The van der Waals surface area contributed by atoms with Crippen molar-refractivity contribution in [1.29, 1.82) is 0 Å². The molecule has 1 aliphatic rings. The van der Waals surface area contributed by atoms with Crippen LogP contribution in [0.25, 0.3) is 0 Å². The summed E-state index contributed by atoms with van der Waals surface area (Å²) in [5.41, 5.74) is 1.45. The summed E-state index contributed by atoms with van der Waals surface area (Å²) in [6, 6.07) is 9.94. The first-order valence-electron chi connectivity index (χ1n) is 7.09. The van der Waals surface area contributed by atoms with Crippen LogP contribution in [0.4, 0.5) is 0 Å². The third-order valence-electron chi connectivity index (χ3n) is 4.04. The smallest absolute Gasteiger partial charge is 0.276 e. The Labute approximate surface area is 123 Å². The summed E-state index contributed by atoms with van der Waals surface area (Å²) >= 11 is 0. The van der Waals surface area contributed by atoms with Crippen molar-refractivity contribution in [3.63, 3.8) is 0 Å². The van der Waals surface area contributed by atoms with Crippen LogP contribution >= 0.6 is 0 Å². The molecule has 3 rings (SSSR count). The zero-order chi connectivity index (χ0) is 14.8. The first-order valence-corrected chi connectivity index (χ1v) is 7.09. The zero-order valence-corrected chi connectivity index (χ0v) is 11.9. The van der Waals surface area contributed by atoms with Gasteiger partial charge in [0.2, 0.25) is 0 Å².